The molecule has 0 heterocycles. The molecule has 0 amide bonds. The van der Waals surface area contributed by atoms with E-state index in [1.807, 2.05) is 0 Å². The molecule has 7 heteroatoms. The Morgan fingerprint density at radius 3 is 2.43 bits per heavy atom. The lowest BCUT2D eigenvalue weighted by molar-refractivity contribution is 0.557. The number of hydrogen-bond acceptors (Lipinski definition) is 2. The van der Waals surface area contributed by atoms with Crippen LogP contribution in [-0.4, -0.2) is 8.42 Å². The second kappa shape index (κ2) is 6.09. The molecule has 0 spiro atoms. The van der Waals surface area contributed by atoms with Gasteiger partial charge in [-0.05, 0) is 42.3 Å². The summed E-state index contributed by atoms with van der Waals surface area (Å²) in [4.78, 5) is -0.481. The predicted octanol–water partition coefficient (Wildman–Crippen LogP) is 3.41. The van der Waals surface area contributed by atoms with Crippen molar-refractivity contribution in [3.8, 4) is 0 Å². The minimum absolute atomic E-state index is 0.0640. The van der Waals surface area contributed by atoms with Crippen LogP contribution >= 0.6 is 11.6 Å². The fourth-order valence-corrected chi connectivity index (χ4v) is 3.00. The van der Waals surface area contributed by atoms with Gasteiger partial charge in [0.25, 0.3) is 0 Å². The molecule has 0 saturated heterocycles. The molecule has 0 aliphatic heterocycles. The van der Waals surface area contributed by atoms with Gasteiger partial charge in [0.2, 0.25) is 10.0 Å². The highest BCUT2D eigenvalue weighted by Gasteiger charge is 2.19. The Balaban J connectivity index is 2.19. The van der Waals surface area contributed by atoms with E-state index in [1.165, 1.54) is 24.3 Å². The molecular weight excluding hydrogens is 320 g/mol. The smallest absolute Gasteiger partial charge is 0.207 e. The fourth-order valence-electron chi connectivity index (χ4n) is 1.77. The lowest BCUT2D eigenvalue weighted by atomic mass is 10.1. The quantitative estimate of drug-likeness (QED) is 0.933. The topological polar surface area (TPSA) is 46.2 Å². The molecule has 2 rings (SSSR count). The van der Waals surface area contributed by atoms with Gasteiger partial charge < -0.3 is 0 Å². The van der Waals surface area contributed by atoms with Gasteiger partial charge in [-0.1, -0.05) is 23.7 Å². The Morgan fingerprint density at radius 1 is 1.10 bits per heavy atom. The number of nitrogens with one attached hydrogen (secondary N) is 1. The molecule has 2 aromatic rings. The largest absolute Gasteiger partial charge is 0.243 e. The summed E-state index contributed by atoms with van der Waals surface area (Å²) >= 11 is 5.58. The third-order valence-corrected chi connectivity index (χ3v) is 4.54. The highest BCUT2D eigenvalue weighted by atomic mass is 35.5. The highest BCUT2D eigenvalue weighted by Crippen LogP contribution is 2.19. The number of rotatable bonds is 4. The van der Waals surface area contributed by atoms with E-state index in [2.05, 4.69) is 4.72 Å². The molecule has 2 aromatic carbocycles. The second-order valence-corrected chi connectivity index (χ2v) is 6.65. The molecule has 0 saturated carbocycles. The number of sulfonamides is 1. The van der Waals surface area contributed by atoms with E-state index in [1.54, 1.807) is 6.92 Å². The maximum Gasteiger partial charge on any atom is 0.243 e. The van der Waals surface area contributed by atoms with Gasteiger partial charge in [-0.3, -0.25) is 0 Å². The number of aryl methyl sites for hydroxylation is 1. The van der Waals surface area contributed by atoms with E-state index in [4.69, 9.17) is 11.6 Å². The lowest BCUT2D eigenvalue weighted by Gasteiger charge is -2.09. The summed E-state index contributed by atoms with van der Waals surface area (Å²) in [5.74, 6) is -1.30. The van der Waals surface area contributed by atoms with Gasteiger partial charge in [-0.25, -0.2) is 21.9 Å². The lowest BCUT2D eigenvalue weighted by Crippen LogP contribution is -2.24. The van der Waals surface area contributed by atoms with Crippen LogP contribution in [0.1, 0.15) is 11.1 Å². The molecule has 0 aliphatic rings. The van der Waals surface area contributed by atoms with Crippen LogP contribution in [0.4, 0.5) is 8.78 Å². The van der Waals surface area contributed by atoms with E-state index >= 15 is 0 Å². The van der Waals surface area contributed by atoms with Crippen molar-refractivity contribution in [2.75, 3.05) is 0 Å². The van der Waals surface area contributed by atoms with E-state index in [0.717, 1.165) is 12.1 Å². The normalized spacial score (nSPS) is 11.6. The van der Waals surface area contributed by atoms with E-state index in [-0.39, 0.29) is 17.4 Å². The summed E-state index contributed by atoms with van der Waals surface area (Å²) in [5.41, 5.74) is 0.983. The van der Waals surface area contributed by atoms with Crippen molar-refractivity contribution in [3.05, 3.63) is 64.2 Å². The van der Waals surface area contributed by atoms with Gasteiger partial charge in [0.15, 0.2) is 0 Å². The zero-order chi connectivity index (χ0) is 15.6. The van der Waals surface area contributed by atoms with E-state index in [9.17, 15) is 17.2 Å². The Morgan fingerprint density at radius 2 is 1.81 bits per heavy atom. The van der Waals surface area contributed by atoms with Crippen molar-refractivity contribution in [2.45, 2.75) is 18.4 Å². The summed E-state index contributed by atoms with van der Waals surface area (Å²) < 4.78 is 53.1. The fraction of sp³-hybridized carbons (Fsp3) is 0.143. The third-order valence-electron chi connectivity index (χ3n) is 2.87. The monoisotopic (exact) mass is 331 g/mol. The van der Waals surface area contributed by atoms with Crippen LogP contribution in [0.25, 0.3) is 0 Å². The molecule has 0 fully saturated rings. The first-order valence-electron chi connectivity index (χ1n) is 5.99. The Kier molecular flexibility index (Phi) is 4.61. The minimum atomic E-state index is -4.01. The van der Waals surface area contributed by atoms with Crippen molar-refractivity contribution in [3.63, 3.8) is 0 Å². The van der Waals surface area contributed by atoms with Crippen LogP contribution in [0.5, 0.6) is 0 Å². The number of benzene rings is 2. The van der Waals surface area contributed by atoms with Crippen LogP contribution in [-0.2, 0) is 16.6 Å². The third kappa shape index (κ3) is 3.78. The van der Waals surface area contributed by atoms with Crippen molar-refractivity contribution >= 4 is 21.6 Å². The first-order chi connectivity index (χ1) is 9.79. The molecule has 0 aliphatic carbocycles. The summed E-state index contributed by atoms with van der Waals surface area (Å²) in [7, 11) is -4.01. The Labute approximate surface area is 126 Å². The molecule has 0 atom stereocenters. The van der Waals surface area contributed by atoms with Crippen LogP contribution in [0.3, 0.4) is 0 Å². The average molecular weight is 332 g/mol. The standard InChI is InChI=1S/C14H12ClF2NO2S/c1-9-6-10(2-4-12(9)16)8-18-21(19,20)14-5-3-11(15)7-13(14)17/h2-7,18H,8H2,1H3. The van der Waals surface area contributed by atoms with E-state index < -0.39 is 20.7 Å². The van der Waals surface area contributed by atoms with Gasteiger partial charge in [-0.15, -0.1) is 0 Å². The van der Waals surface area contributed by atoms with E-state index in [0.29, 0.717) is 11.1 Å². The highest BCUT2D eigenvalue weighted by molar-refractivity contribution is 7.89. The molecule has 0 aromatic heterocycles. The molecule has 0 radical (unpaired) electrons. The second-order valence-electron chi connectivity index (χ2n) is 4.48. The molecule has 112 valence electrons. The predicted molar refractivity (Wildman–Crippen MR) is 76.6 cm³/mol. The molecule has 21 heavy (non-hydrogen) atoms. The maximum absolute atomic E-state index is 13.6. The summed E-state index contributed by atoms with van der Waals surface area (Å²) in [6.45, 7) is 1.51. The van der Waals surface area contributed by atoms with Gasteiger partial charge in [-0.2, -0.15) is 0 Å². The van der Waals surface area contributed by atoms with Crippen LogP contribution < -0.4 is 4.72 Å². The van der Waals surface area contributed by atoms with Crippen LogP contribution in [0.15, 0.2) is 41.3 Å². The molecular formula is C14H12ClF2NO2S. The summed E-state index contributed by atoms with van der Waals surface area (Å²) in [6.07, 6.45) is 0. The molecule has 0 bridgehead atoms. The Hall–Kier alpha value is -1.50. The zero-order valence-corrected chi connectivity index (χ0v) is 12.6. The van der Waals surface area contributed by atoms with Crippen molar-refractivity contribution < 1.29 is 17.2 Å². The van der Waals surface area contributed by atoms with Crippen molar-refractivity contribution in [1.82, 2.24) is 4.72 Å². The van der Waals surface area contributed by atoms with Gasteiger partial charge >= 0.3 is 0 Å². The van der Waals surface area contributed by atoms with Gasteiger partial charge in [0.05, 0.1) is 0 Å². The first-order valence-corrected chi connectivity index (χ1v) is 7.85. The molecule has 0 unspecified atom stereocenters. The van der Waals surface area contributed by atoms with Crippen molar-refractivity contribution in [2.24, 2.45) is 0 Å². The average Bonchev–Trinajstić information content (AvgIpc) is 2.40. The van der Waals surface area contributed by atoms with Gasteiger partial charge in [0, 0.05) is 11.6 Å². The van der Waals surface area contributed by atoms with Gasteiger partial charge in [0.1, 0.15) is 16.5 Å². The Bertz CT molecular complexity index is 779. The minimum Gasteiger partial charge on any atom is -0.207 e. The molecule has 3 nitrogen and oxygen atoms in total. The SMILES string of the molecule is Cc1cc(CNS(=O)(=O)c2ccc(Cl)cc2F)ccc1F. The van der Waals surface area contributed by atoms with Crippen molar-refractivity contribution in [1.29, 1.82) is 0 Å². The van der Waals surface area contributed by atoms with Crippen LogP contribution in [0, 0.1) is 18.6 Å². The number of hydrogen-bond donors (Lipinski definition) is 1. The summed E-state index contributed by atoms with van der Waals surface area (Å²) in [5, 5.41) is 0.112. The summed E-state index contributed by atoms with van der Waals surface area (Å²) in [6, 6.07) is 7.55. The maximum atomic E-state index is 13.6. The molecule has 1 N–H and O–H groups in total. The zero-order valence-electron chi connectivity index (χ0n) is 11.0. The van der Waals surface area contributed by atoms with Crippen LogP contribution in [0.2, 0.25) is 5.02 Å². The first kappa shape index (κ1) is 15.9. The number of halogens is 3.